The third-order valence-electron chi connectivity index (χ3n) is 3.77. The van der Waals surface area contributed by atoms with Crippen molar-refractivity contribution in [2.75, 3.05) is 12.4 Å². The maximum Gasteiger partial charge on any atom is 0.237 e. The van der Waals surface area contributed by atoms with Crippen molar-refractivity contribution in [1.82, 2.24) is 4.90 Å². The van der Waals surface area contributed by atoms with E-state index in [0.29, 0.717) is 23.6 Å². The number of carbonyl (C=O) groups excluding carboxylic acids is 1. The first kappa shape index (κ1) is 16.1. The van der Waals surface area contributed by atoms with Crippen molar-refractivity contribution in [2.45, 2.75) is 25.8 Å². The van der Waals surface area contributed by atoms with Crippen molar-refractivity contribution in [3.05, 3.63) is 34.6 Å². The Kier molecular flexibility index (Phi) is 5.08. The predicted octanol–water partition coefficient (Wildman–Crippen LogP) is 3.74. The SMILES string of the molecule is N#CCC1(CN(Cc2cc(Cl)ccc2F)C(=O)CCl)CC1. The molecule has 1 aliphatic rings. The van der Waals surface area contributed by atoms with E-state index in [2.05, 4.69) is 6.07 Å². The van der Waals surface area contributed by atoms with E-state index in [-0.39, 0.29) is 23.7 Å². The molecule has 3 nitrogen and oxygen atoms in total. The Hall–Kier alpha value is -1.31. The minimum absolute atomic E-state index is 0.116. The number of amides is 1. The predicted molar refractivity (Wildman–Crippen MR) is 79.4 cm³/mol. The summed E-state index contributed by atoms with van der Waals surface area (Å²) in [6, 6.07) is 6.41. The number of benzene rings is 1. The number of hydrogen-bond donors (Lipinski definition) is 0. The molecule has 1 aromatic rings. The van der Waals surface area contributed by atoms with Gasteiger partial charge in [0, 0.05) is 35.5 Å². The second kappa shape index (κ2) is 6.64. The van der Waals surface area contributed by atoms with Crippen LogP contribution in [-0.4, -0.2) is 23.2 Å². The molecular formula is C15H15Cl2FN2O. The van der Waals surface area contributed by atoms with Gasteiger partial charge in [-0.15, -0.1) is 11.6 Å². The maximum absolute atomic E-state index is 13.8. The molecule has 0 radical (unpaired) electrons. The summed E-state index contributed by atoms with van der Waals surface area (Å²) in [6.07, 6.45) is 2.21. The Bertz CT molecular complexity index is 582. The molecule has 1 amide bonds. The number of nitriles is 1. The summed E-state index contributed by atoms with van der Waals surface area (Å²) in [4.78, 5) is 13.5. The highest BCUT2D eigenvalue weighted by Crippen LogP contribution is 2.49. The average Bonchev–Trinajstić information content (AvgIpc) is 3.21. The van der Waals surface area contributed by atoms with Gasteiger partial charge in [0.05, 0.1) is 6.07 Å². The third-order valence-corrected chi connectivity index (χ3v) is 4.24. The van der Waals surface area contributed by atoms with Gasteiger partial charge in [-0.3, -0.25) is 4.79 Å². The van der Waals surface area contributed by atoms with Gasteiger partial charge in [0.1, 0.15) is 11.7 Å². The molecule has 0 aromatic heterocycles. The summed E-state index contributed by atoms with van der Waals surface area (Å²) in [6.45, 7) is 0.545. The van der Waals surface area contributed by atoms with Crippen LogP contribution in [0.3, 0.4) is 0 Å². The molecule has 112 valence electrons. The molecule has 1 fully saturated rings. The monoisotopic (exact) mass is 328 g/mol. The molecule has 0 bridgehead atoms. The van der Waals surface area contributed by atoms with Crippen molar-refractivity contribution in [3.63, 3.8) is 0 Å². The number of carbonyl (C=O) groups is 1. The number of hydrogen-bond acceptors (Lipinski definition) is 2. The zero-order chi connectivity index (χ0) is 15.5. The average molecular weight is 329 g/mol. The van der Waals surface area contributed by atoms with Gasteiger partial charge >= 0.3 is 0 Å². The number of halogens is 3. The summed E-state index contributed by atoms with van der Waals surface area (Å²) in [5.74, 6) is -0.831. The number of nitrogens with zero attached hydrogens (tertiary/aromatic N) is 2. The Balaban J connectivity index is 2.15. The van der Waals surface area contributed by atoms with Gasteiger partial charge in [-0.2, -0.15) is 5.26 Å². The van der Waals surface area contributed by atoms with E-state index in [1.54, 1.807) is 0 Å². The summed E-state index contributed by atoms with van der Waals surface area (Å²) < 4.78 is 13.8. The molecule has 1 aliphatic carbocycles. The van der Waals surface area contributed by atoms with Crippen LogP contribution in [0.5, 0.6) is 0 Å². The van der Waals surface area contributed by atoms with Crippen molar-refractivity contribution >= 4 is 29.1 Å². The minimum atomic E-state index is -0.406. The standard InChI is InChI=1S/C15H15Cl2FN2O/c16-8-14(21)20(10-15(3-4-15)5-6-19)9-11-7-12(17)1-2-13(11)18/h1-2,7H,3-5,8-10H2. The Morgan fingerprint density at radius 1 is 1.48 bits per heavy atom. The summed E-state index contributed by atoms with van der Waals surface area (Å²) in [5, 5.41) is 9.28. The van der Waals surface area contributed by atoms with E-state index < -0.39 is 5.82 Å². The third kappa shape index (κ3) is 4.09. The highest BCUT2D eigenvalue weighted by Gasteiger charge is 2.44. The van der Waals surface area contributed by atoms with Gasteiger partial charge < -0.3 is 4.90 Å². The van der Waals surface area contributed by atoms with Crippen molar-refractivity contribution in [3.8, 4) is 6.07 Å². The fourth-order valence-corrected chi connectivity index (χ4v) is 2.69. The fraction of sp³-hybridized carbons (Fsp3) is 0.467. The molecule has 0 N–H and O–H groups in total. The fourth-order valence-electron chi connectivity index (χ4n) is 2.33. The van der Waals surface area contributed by atoms with Gasteiger partial charge in [-0.05, 0) is 31.0 Å². The lowest BCUT2D eigenvalue weighted by atomic mass is 10.0. The van der Waals surface area contributed by atoms with Crippen LogP contribution in [0.4, 0.5) is 4.39 Å². The summed E-state index contributed by atoms with van der Waals surface area (Å²) in [5.41, 5.74) is 0.208. The highest BCUT2D eigenvalue weighted by molar-refractivity contribution is 6.30. The summed E-state index contributed by atoms with van der Waals surface area (Å²) >= 11 is 11.5. The quantitative estimate of drug-likeness (QED) is 0.746. The molecule has 2 rings (SSSR count). The first-order valence-corrected chi connectivity index (χ1v) is 7.55. The van der Waals surface area contributed by atoms with Crippen LogP contribution in [0.1, 0.15) is 24.8 Å². The second-order valence-corrected chi connectivity index (χ2v) is 6.16. The second-order valence-electron chi connectivity index (χ2n) is 5.45. The Labute approximate surface area is 133 Å². The Morgan fingerprint density at radius 3 is 2.76 bits per heavy atom. The zero-order valence-corrected chi connectivity index (χ0v) is 12.9. The highest BCUT2D eigenvalue weighted by atomic mass is 35.5. The van der Waals surface area contributed by atoms with Crippen LogP contribution in [0.15, 0.2) is 18.2 Å². The van der Waals surface area contributed by atoms with Gasteiger partial charge in [-0.1, -0.05) is 11.6 Å². The molecule has 0 aliphatic heterocycles. The van der Waals surface area contributed by atoms with Crippen LogP contribution >= 0.6 is 23.2 Å². The zero-order valence-electron chi connectivity index (χ0n) is 11.4. The van der Waals surface area contributed by atoms with Gasteiger partial charge in [-0.25, -0.2) is 4.39 Å². The van der Waals surface area contributed by atoms with Crippen LogP contribution < -0.4 is 0 Å². The van der Waals surface area contributed by atoms with E-state index in [0.717, 1.165) is 12.8 Å². The van der Waals surface area contributed by atoms with Gasteiger partial charge in [0.25, 0.3) is 0 Å². The molecule has 0 spiro atoms. The van der Waals surface area contributed by atoms with E-state index >= 15 is 0 Å². The topological polar surface area (TPSA) is 44.1 Å². The number of rotatable bonds is 6. The van der Waals surface area contributed by atoms with Gasteiger partial charge in [0.15, 0.2) is 0 Å². The molecule has 1 aromatic carbocycles. The maximum atomic E-state index is 13.8. The molecule has 0 unspecified atom stereocenters. The molecule has 6 heteroatoms. The van der Waals surface area contributed by atoms with Crippen molar-refractivity contribution < 1.29 is 9.18 Å². The largest absolute Gasteiger partial charge is 0.337 e. The van der Waals surface area contributed by atoms with E-state index in [4.69, 9.17) is 28.5 Å². The van der Waals surface area contributed by atoms with Gasteiger partial charge in [0.2, 0.25) is 5.91 Å². The van der Waals surface area contributed by atoms with Crippen LogP contribution in [0, 0.1) is 22.6 Å². The lowest BCUT2D eigenvalue weighted by Crippen LogP contribution is -2.36. The Morgan fingerprint density at radius 2 is 2.19 bits per heavy atom. The minimum Gasteiger partial charge on any atom is -0.337 e. The normalized spacial score (nSPS) is 15.3. The summed E-state index contributed by atoms with van der Waals surface area (Å²) in [7, 11) is 0. The first-order valence-electron chi connectivity index (χ1n) is 6.64. The molecule has 1 saturated carbocycles. The molecule has 0 atom stereocenters. The first-order chi connectivity index (χ1) is 9.99. The molecule has 0 heterocycles. The van der Waals surface area contributed by atoms with Crippen molar-refractivity contribution in [2.24, 2.45) is 5.41 Å². The number of alkyl halides is 1. The van der Waals surface area contributed by atoms with Crippen molar-refractivity contribution in [1.29, 1.82) is 5.26 Å². The lowest BCUT2D eigenvalue weighted by molar-refractivity contribution is -0.130. The van der Waals surface area contributed by atoms with Crippen LogP contribution in [-0.2, 0) is 11.3 Å². The smallest absolute Gasteiger partial charge is 0.237 e. The van der Waals surface area contributed by atoms with E-state index in [1.165, 1.54) is 23.1 Å². The van der Waals surface area contributed by atoms with Crippen LogP contribution in [0.2, 0.25) is 5.02 Å². The van der Waals surface area contributed by atoms with Crippen LogP contribution in [0.25, 0.3) is 0 Å². The molecule has 0 saturated heterocycles. The molecule has 21 heavy (non-hydrogen) atoms. The molecular weight excluding hydrogens is 314 g/mol. The van der Waals surface area contributed by atoms with E-state index in [9.17, 15) is 9.18 Å². The van der Waals surface area contributed by atoms with E-state index in [1.807, 2.05) is 0 Å². The lowest BCUT2D eigenvalue weighted by Gasteiger charge is -2.26.